The second-order valence-corrected chi connectivity index (χ2v) is 5.51. The molecule has 0 saturated carbocycles. The van der Waals surface area contributed by atoms with Crippen LogP contribution in [-0.2, 0) is 0 Å². The molecule has 0 spiro atoms. The molecule has 3 aromatic carbocycles. The Balaban J connectivity index is 1.87. The number of hydrogen-bond acceptors (Lipinski definition) is 2. The van der Waals surface area contributed by atoms with Crippen LogP contribution >= 0.6 is 0 Å². The monoisotopic (exact) mass is 300 g/mol. The van der Waals surface area contributed by atoms with Crippen LogP contribution in [0.4, 0.5) is 11.4 Å². The lowest BCUT2D eigenvalue weighted by molar-refractivity contribution is 0.0975. The zero-order valence-electron chi connectivity index (χ0n) is 12.5. The molecule has 3 aromatic rings. The lowest BCUT2D eigenvalue weighted by Gasteiger charge is -2.38. The number of fused-ring (bicyclic) bond motifs is 1. The topological polar surface area (TPSA) is 32.3 Å². The number of anilines is 2. The number of rotatable bonds is 2. The van der Waals surface area contributed by atoms with Crippen LogP contribution in [0.3, 0.4) is 0 Å². The third kappa shape index (κ3) is 2.36. The fourth-order valence-electron chi connectivity index (χ4n) is 2.98. The lowest BCUT2D eigenvalue weighted by Crippen LogP contribution is -2.43. The number of carbonyl (C=O) groups is 1. The molecule has 0 aromatic heterocycles. The Bertz CT molecular complexity index is 831. The molecule has 1 amide bonds. The average molecular weight is 300 g/mol. The van der Waals surface area contributed by atoms with Crippen molar-refractivity contribution >= 4 is 17.3 Å². The van der Waals surface area contributed by atoms with Crippen LogP contribution < -0.4 is 10.2 Å². The molecule has 3 nitrogen and oxygen atoms in total. The molecule has 4 rings (SSSR count). The molecule has 1 N–H and O–H groups in total. The van der Waals surface area contributed by atoms with Crippen molar-refractivity contribution in [2.75, 3.05) is 10.2 Å². The summed E-state index contributed by atoms with van der Waals surface area (Å²) >= 11 is 0. The zero-order chi connectivity index (χ0) is 15.6. The lowest BCUT2D eigenvalue weighted by atomic mass is 10.0. The van der Waals surface area contributed by atoms with E-state index < -0.39 is 0 Å². The van der Waals surface area contributed by atoms with E-state index in [2.05, 4.69) is 5.32 Å². The summed E-state index contributed by atoms with van der Waals surface area (Å²) in [6.45, 7) is 0. The van der Waals surface area contributed by atoms with Gasteiger partial charge in [-0.3, -0.25) is 9.69 Å². The predicted octanol–water partition coefficient (Wildman–Crippen LogP) is 4.46. The number of hydrogen-bond donors (Lipinski definition) is 1. The van der Waals surface area contributed by atoms with Crippen molar-refractivity contribution in [3.05, 3.63) is 96.1 Å². The highest BCUT2D eigenvalue weighted by Crippen LogP contribution is 2.36. The molecule has 0 aliphatic carbocycles. The molecule has 0 bridgehead atoms. The van der Waals surface area contributed by atoms with E-state index in [4.69, 9.17) is 0 Å². The number of nitrogens with zero attached hydrogens (tertiary/aromatic N) is 1. The Kier molecular flexibility index (Phi) is 3.31. The van der Waals surface area contributed by atoms with Gasteiger partial charge < -0.3 is 5.32 Å². The first-order chi connectivity index (χ1) is 11.3. The van der Waals surface area contributed by atoms with E-state index in [0.29, 0.717) is 5.56 Å². The van der Waals surface area contributed by atoms with E-state index in [-0.39, 0.29) is 12.1 Å². The molecule has 23 heavy (non-hydrogen) atoms. The number of amides is 1. The molecule has 1 heterocycles. The van der Waals surface area contributed by atoms with Crippen molar-refractivity contribution in [3.8, 4) is 0 Å². The maximum atomic E-state index is 13.1. The molecule has 0 radical (unpaired) electrons. The molecular formula is C20H16N2O. The quantitative estimate of drug-likeness (QED) is 0.758. The first kappa shape index (κ1) is 13.6. The number of benzene rings is 3. The van der Waals surface area contributed by atoms with Gasteiger partial charge in [0.05, 0.1) is 5.56 Å². The largest absolute Gasteiger partial charge is 0.360 e. The number of para-hydroxylation sites is 2. The highest BCUT2D eigenvalue weighted by atomic mass is 16.2. The van der Waals surface area contributed by atoms with Crippen LogP contribution in [-0.4, -0.2) is 5.91 Å². The number of carbonyl (C=O) groups excluding carboxylic acids is 1. The summed E-state index contributed by atoms with van der Waals surface area (Å²) in [6, 6.07) is 27.5. The average Bonchev–Trinajstić information content (AvgIpc) is 2.63. The van der Waals surface area contributed by atoms with Crippen LogP contribution in [0, 0.1) is 0 Å². The fraction of sp³-hybridized carbons (Fsp3) is 0.0500. The smallest absolute Gasteiger partial charge is 0.262 e. The van der Waals surface area contributed by atoms with Gasteiger partial charge in [-0.1, -0.05) is 60.7 Å². The molecule has 1 aliphatic heterocycles. The normalized spacial score (nSPS) is 16.6. The standard InChI is InChI=1S/C20H16N2O/c23-20-17-13-7-8-14-18(17)21-19(15-9-3-1-4-10-15)22(20)16-11-5-2-6-12-16/h1-14,19,21H/t19-/m0/s1. The van der Waals surface area contributed by atoms with Gasteiger partial charge in [0.15, 0.2) is 0 Å². The van der Waals surface area contributed by atoms with E-state index in [1.54, 1.807) is 0 Å². The maximum Gasteiger partial charge on any atom is 0.262 e. The first-order valence-electron chi connectivity index (χ1n) is 7.64. The summed E-state index contributed by atoms with van der Waals surface area (Å²) < 4.78 is 0. The summed E-state index contributed by atoms with van der Waals surface area (Å²) in [4.78, 5) is 14.9. The van der Waals surface area contributed by atoms with Gasteiger partial charge in [0, 0.05) is 11.4 Å². The van der Waals surface area contributed by atoms with E-state index in [9.17, 15) is 4.79 Å². The summed E-state index contributed by atoms with van der Waals surface area (Å²) in [6.07, 6.45) is -0.221. The van der Waals surface area contributed by atoms with Crippen LogP contribution in [0.15, 0.2) is 84.9 Å². The van der Waals surface area contributed by atoms with E-state index in [1.807, 2.05) is 89.8 Å². The molecule has 112 valence electrons. The maximum absolute atomic E-state index is 13.1. The van der Waals surface area contributed by atoms with E-state index in [1.165, 1.54) is 0 Å². The second-order valence-electron chi connectivity index (χ2n) is 5.51. The zero-order valence-corrected chi connectivity index (χ0v) is 12.5. The van der Waals surface area contributed by atoms with Gasteiger partial charge in [-0.25, -0.2) is 0 Å². The van der Waals surface area contributed by atoms with Crippen molar-refractivity contribution in [3.63, 3.8) is 0 Å². The van der Waals surface area contributed by atoms with Crippen LogP contribution in [0.2, 0.25) is 0 Å². The van der Waals surface area contributed by atoms with Crippen molar-refractivity contribution in [1.29, 1.82) is 0 Å². The SMILES string of the molecule is O=C1c2ccccc2N[C@H](c2ccccc2)N1c1ccccc1. The Morgan fingerprint density at radius 1 is 0.739 bits per heavy atom. The number of nitrogens with one attached hydrogen (secondary N) is 1. The van der Waals surface area contributed by atoms with Crippen molar-refractivity contribution in [1.82, 2.24) is 0 Å². The molecule has 1 aliphatic rings. The Hall–Kier alpha value is -3.07. The highest BCUT2D eigenvalue weighted by molar-refractivity contribution is 6.12. The van der Waals surface area contributed by atoms with Gasteiger partial charge in [0.1, 0.15) is 6.17 Å². The molecule has 0 saturated heterocycles. The van der Waals surface area contributed by atoms with Crippen LogP contribution in [0.1, 0.15) is 22.1 Å². The third-order valence-corrected chi connectivity index (χ3v) is 4.08. The van der Waals surface area contributed by atoms with Crippen molar-refractivity contribution < 1.29 is 4.79 Å². The molecule has 3 heteroatoms. The Morgan fingerprint density at radius 2 is 1.35 bits per heavy atom. The van der Waals surface area contributed by atoms with Crippen molar-refractivity contribution in [2.45, 2.75) is 6.17 Å². The van der Waals surface area contributed by atoms with Gasteiger partial charge in [-0.15, -0.1) is 0 Å². The Labute approximate surface area is 135 Å². The van der Waals surface area contributed by atoms with Gasteiger partial charge >= 0.3 is 0 Å². The molecule has 0 fully saturated rings. The summed E-state index contributed by atoms with van der Waals surface area (Å²) in [5.74, 6) is 0.0133. The minimum atomic E-state index is -0.221. The minimum Gasteiger partial charge on any atom is -0.360 e. The van der Waals surface area contributed by atoms with Gasteiger partial charge in [-0.05, 0) is 29.8 Å². The van der Waals surface area contributed by atoms with E-state index in [0.717, 1.165) is 16.9 Å². The summed E-state index contributed by atoms with van der Waals surface area (Å²) in [5, 5.41) is 3.50. The van der Waals surface area contributed by atoms with Gasteiger partial charge in [0.2, 0.25) is 0 Å². The fourth-order valence-corrected chi connectivity index (χ4v) is 2.98. The Morgan fingerprint density at radius 3 is 2.09 bits per heavy atom. The minimum absolute atomic E-state index is 0.0133. The van der Waals surface area contributed by atoms with Crippen LogP contribution in [0.5, 0.6) is 0 Å². The first-order valence-corrected chi connectivity index (χ1v) is 7.64. The predicted molar refractivity (Wildman–Crippen MR) is 92.5 cm³/mol. The van der Waals surface area contributed by atoms with Crippen molar-refractivity contribution in [2.24, 2.45) is 0 Å². The summed E-state index contributed by atoms with van der Waals surface area (Å²) in [7, 11) is 0. The third-order valence-electron chi connectivity index (χ3n) is 4.08. The second kappa shape index (κ2) is 5.61. The highest BCUT2D eigenvalue weighted by Gasteiger charge is 2.33. The van der Waals surface area contributed by atoms with E-state index >= 15 is 0 Å². The molecular weight excluding hydrogens is 284 g/mol. The van der Waals surface area contributed by atoms with Crippen LogP contribution in [0.25, 0.3) is 0 Å². The molecule has 1 atom stereocenters. The van der Waals surface area contributed by atoms with Gasteiger partial charge in [0.25, 0.3) is 5.91 Å². The summed E-state index contributed by atoms with van der Waals surface area (Å²) in [5.41, 5.74) is 3.51. The van der Waals surface area contributed by atoms with Gasteiger partial charge in [-0.2, -0.15) is 0 Å². The molecule has 0 unspecified atom stereocenters.